The summed E-state index contributed by atoms with van der Waals surface area (Å²) in [5, 5.41) is 0. The lowest BCUT2D eigenvalue weighted by atomic mass is 9.49. The van der Waals surface area contributed by atoms with Gasteiger partial charge in [0.1, 0.15) is 0 Å². The summed E-state index contributed by atoms with van der Waals surface area (Å²) >= 11 is 0. The second kappa shape index (κ2) is 14.7. The second-order valence-corrected chi connectivity index (χ2v) is 15.8. The Morgan fingerprint density at radius 2 is 1.58 bits per heavy atom. The van der Waals surface area contributed by atoms with Crippen molar-refractivity contribution in [2.45, 2.75) is 97.2 Å². The highest BCUT2D eigenvalue weighted by molar-refractivity contribution is 7.86. The third kappa shape index (κ3) is 7.17. The van der Waals surface area contributed by atoms with Crippen LogP contribution in [0.3, 0.4) is 0 Å². The third-order valence-electron chi connectivity index (χ3n) is 11.7. The summed E-state index contributed by atoms with van der Waals surface area (Å²) in [5.41, 5.74) is 4.09. The smallest absolute Gasteiger partial charge is 0.296 e. The predicted molar refractivity (Wildman–Crippen MR) is 176 cm³/mol. The number of ether oxygens (including phenoxy) is 4. The van der Waals surface area contributed by atoms with E-state index < -0.39 is 10.1 Å². The van der Waals surface area contributed by atoms with E-state index in [0.29, 0.717) is 57.4 Å². The molecule has 0 bridgehead atoms. The average Bonchev–Trinajstić information content (AvgIpc) is 3.38. The Morgan fingerprint density at radius 1 is 0.889 bits per heavy atom. The van der Waals surface area contributed by atoms with E-state index in [9.17, 15) is 8.42 Å². The van der Waals surface area contributed by atoms with E-state index in [-0.39, 0.29) is 40.5 Å². The lowest BCUT2D eigenvalue weighted by Gasteiger charge is -2.57. The Morgan fingerprint density at radius 3 is 2.27 bits per heavy atom. The van der Waals surface area contributed by atoms with Crippen LogP contribution in [0, 0.1) is 41.4 Å². The molecule has 0 amide bonds. The summed E-state index contributed by atoms with van der Waals surface area (Å²) < 4.78 is 55.8. The van der Waals surface area contributed by atoms with Gasteiger partial charge in [0.05, 0.1) is 50.1 Å². The zero-order valence-electron chi connectivity index (χ0n) is 28.4. The fourth-order valence-electron chi connectivity index (χ4n) is 9.25. The molecule has 1 unspecified atom stereocenters. The van der Waals surface area contributed by atoms with Gasteiger partial charge in [-0.25, -0.2) is 0 Å². The van der Waals surface area contributed by atoms with Crippen molar-refractivity contribution in [2.75, 3.05) is 46.2 Å². The molecule has 3 fully saturated rings. The first-order valence-corrected chi connectivity index (χ1v) is 18.7. The van der Waals surface area contributed by atoms with Gasteiger partial charge in [-0.2, -0.15) is 8.42 Å². The van der Waals surface area contributed by atoms with Crippen LogP contribution in [0.4, 0.5) is 0 Å². The minimum atomic E-state index is -3.78. The Labute approximate surface area is 272 Å². The molecular formula is C37H56O7S. The van der Waals surface area contributed by atoms with Crippen LogP contribution < -0.4 is 0 Å². The molecule has 5 rings (SSSR count). The molecule has 0 N–H and O–H groups in total. The molecule has 7 nitrogen and oxygen atoms in total. The van der Waals surface area contributed by atoms with Crippen molar-refractivity contribution in [2.24, 2.45) is 34.5 Å². The lowest BCUT2D eigenvalue weighted by molar-refractivity contribution is -0.116. The fraction of sp³-hybridized carbons (Fsp3) is 0.730. The zero-order chi connectivity index (χ0) is 32.2. The average molecular weight is 645 g/mol. The van der Waals surface area contributed by atoms with Gasteiger partial charge in [-0.05, 0) is 94.1 Å². The van der Waals surface area contributed by atoms with Crippen molar-refractivity contribution in [1.82, 2.24) is 0 Å². The van der Waals surface area contributed by atoms with E-state index in [2.05, 4.69) is 32.9 Å². The van der Waals surface area contributed by atoms with Crippen molar-refractivity contribution >= 4 is 10.1 Å². The van der Waals surface area contributed by atoms with Crippen molar-refractivity contribution in [3.63, 3.8) is 0 Å². The van der Waals surface area contributed by atoms with Crippen LogP contribution in [0.25, 0.3) is 0 Å². The maximum absolute atomic E-state index is 13.0. The summed E-state index contributed by atoms with van der Waals surface area (Å²) in [6.45, 7) is 17.1. The number of hydrogen-bond acceptors (Lipinski definition) is 7. The molecule has 0 saturated heterocycles. The number of benzene rings is 1. The van der Waals surface area contributed by atoms with Crippen LogP contribution in [0.15, 0.2) is 52.5 Å². The molecule has 0 aliphatic heterocycles. The summed E-state index contributed by atoms with van der Waals surface area (Å²) in [6.07, 6.45) is 11.3. The van der Waals surface area contributed by atoms with Crippen molar-refractivity contribution in [1.29, 1.82) is 0 Å². The standard InChI is InChI=1S/C37H56O7S/c1-7-40-19-21-42-29-23-28-11-14-31-33-16-15-32(27(4)25-44-45(38,39)30-12-9-26(3)10-13-30)36(33,5)18-17-34(31)37(28,6)35(24-29)43-22-20-41-8-2/h9-14,27,29,32-35H,7-8,15-25H2,1-6H3/t27?,29-,32-,33+,34+,35+,36-,37+/m1/s1. The van der Waals surface area contributed by atoms with E-state index in [1.165, 1.54) is 5.57 Å². The normalized spacial score (nSPS) is 33.5. The molecule has 3 saturated carbocycles. The fourth-order valence-corrected chi connectivity index (χ4v) is 10.2. The summed E-state index contributed by atoms with van der Waals surface area (Å²) in [6, 6.07) is 6.90. The first-order chi connectivity index (χ1) is 21.5. The van der Waals surface area contributed by atoms with Gasteiger partial charge in [-0.1, -0.05) is 61.8 Å². The number of aryl methyl sites for hydroxylation is 1. The van der Waals surface area contributed by atoms with E-state index in [1.807, 2.05) is 32.9 Å². The molecular weight excluding hydrogens is 588 g/mol. The molecule has 8 atom stereocenters. The second-order valence-electron chi connectivity index (χ2n) is 14.2. The van der Waals surface area contributed by atoms with E-state index >= 15 is 0 Å². The van der Waals surface area contributed by atoms with Crippen molar-refractivity contribution in [3.8, 4) is 0 Å². The molecule has 4 aliphatic carbocycles. The quantitative estimate of drug-likeness (QED) is 0.147. The van der Waals surface area contributed by atoms with E-state index in [1.54, 1.807) is 17.7 Å². The van der Waals surface area contributed by atoms with Gasteiger partial charge < -0.3 is 18.9 Å². The van der Waals surface area contributed by atoms with Gasteiger partial charge in [-0.15, -0.1) is 0 Å². The van der Waals surface area contributed by atoms with E-state index in [4.69, 9.17) is 23.1 Å². The molecule has 1 aromatic carbocycles. The first-order valence-electron chi connectivity index (χ1n) is 17.3. The largest absolute Gasteiger partial charge is 0.379 e. The maximum atomic E-state index is 13.0. The zero-order valence-corrected chi connectivity index (χ0v) is 29.2. The number of hydrogen-bond donors (Lipinski definition) is 0. The molecule has 4 aliphatic rings. The maximum Gasteiger partial charge on any atom is 0.296 e. The van der Waals surface area contributed by atoms with Crippen LogP contribution in [0.1, 0.15) is 78.7 Å². The first kappa shape index (κ1) is 34.8. The number of rotatable bonds is 15. The monoisotopic (exact) mass is 644 g/mol. The van der Waals surface area contributed by atoms with Crippen LogP contribution in [-0.4, -0.2) is 66.9 Å². The molecule has 0 radical (unpaired) electrons. The Kier molecular flexibility index (Phi) is 11.4. The molecule has 252 valence electrons. The molecule has 1 aromatic rings. The highest BCUT2D eigenvalue weighted by Gasteiger charge is 2.59. The van der Waals surface area contributed by atoms with Gasteiger partial charge in [0.15, 0.2) is 0 Å². The van der Waals surface area contributed by atoms with Crippen molar-refractivity contribution < 1.29 is 31.5 Å². The Hall–Kier alpha value is -1.55. The Balaban J connectivity index is 1.31. The van der Waals surface area contributed by atoms with Gasteiger partial charge in [0.2, 0.25) is 0 Å². The number of fused-ring (bicyclic) bond motifs is 5. The molecule has 8 heteroatoms. The van der Waals surface area contributed by atoms with Crippen LogP contribution in [0.2, 0.25) is 0 Å². The predicted octanol–water partition coefficient (Wildman–Crippen LogP) is 7.29. The third-order valence-corrected chi connectivity index (χ3v) is 13.0. The van der Waals surface area contributed by atoms with Gasteiger partial charge in [0.25, 0.3) is 10.1 Å². The highest BCUT2D eigenvalue weighted by atomic mass is 32.2. The molecule has 0 spiro atoms. The number of allylic oxidation sites excluding steroid dienone is 3. The van der Waals surface area contributed by atoms with Crippen LogP contribution in [0.5, 0.6) is 0 Å². The summed E-state index contributed by atoms with van der Waals surface area (Å²) in [5.74, 6) is 1.46. The summed E-state index contributed by atoms with van der Waals surface area (Å²) in [4.78, 5) is 0.229. The molecule has 0 aromatic heterocycles. The van der Waals surface area contributed by atoms with Crippen molar-refractivity contribution in [3.05, 3.63) is 53.1 Å². The van der Waals surface area contributed by atoms with Gasteiger partial charge >= 0.3 is 0 Å². The minimum absolute atomic E-state index is 0.0598. The molecule has 45 heavy (non-hydrogen) atoms. The summed E-state index contributed by atoms with van der Waals surface area (Å²) in [7, 11) is -3.78. The molecule has 0 heterocycles. The Bertz CT molecular complexity index is 1300. The topological polar surface area (TPSA) is 80.3 Å². The van der Waals surface area contributed by atoms with Gasteiger partial charge in [-0.3, -0.25) is 4.18 Å². The van der Waals surface area contributed by atoms with Crippen LogP contribution in [-0.2, 0) is 33.2 Å². The highest BCUT2D eigenvalue weighted by Crippen LogP contribution is 2.66. The van der Waals surface area contributed by atoms with Gasteiger partial charge in [0, 0.05) is 25.0 Å². The van der Waals surface area contributed by atoms with E-state index in [0.717, 1.165) is 44.1 Å². The SMILES string of the molecule is CCOCCO[C@@H]1CC2=CC=C3[C@@H]4CC[C@H](C(C)COS(=O)(=O)c5ccc(C)cc5)[C@@]4(C)CC[C@@H]3[C@@]2(C)[C@@H](OCCOCC)C1. The van der Waals surface area contributed by atoms with Crippen LogP contribution >= 0.6 is 0 Å². The lowest BCUT2D eigenvalue weighted by Crippen LogP contribution is -2.54. The minimum Gasteiger partial charge on any atom is -0.379 e.